The summed E-state index contributed by atoms with van der Waals surface area (Å²) in [4.78, 5) is 0. The van der Waals surface area contributed by atoms with Crippen LogP contribution in [0, 0.1) is 0 Å². The molecule has 0 saturated heterocycles. The van der Waals surface area contributed by atoms with E-state index in [1.807, 2.05) is 6.92 Å². The summed E-state index contributed by atoms with van der Waals surface area (Å²) in [6.45, 7) is 2.17. The largest absolute Gasteiger partial charge is 0.394 e. The first kappa shape index (κ1) is 12.8. The molecule has 92 valence electrons. The lowest BCUT2D eigenvalue weighted by molar-refractivity contribution is 0.598. The summed E-state index contributed by atoms with van der Waals surface area (Å²) in [5, 5.41) is 12.0. The van der Waals surface area contributed by atoms with Gasteiger partial charge in [0.25, 0.3) is 0 Å². The average molecular weight is 247 g/mol. The molecule has 0 aromatic carbocycles. The van der Waals surface area contributed by atoms with Crippen LogP contribution in [0.2, 0.25) is 0 Å². The van der Waals surface area contributed by atoms with Crippen LogP contribution >= 0.6 is 0 Å². The van der Waals surface area contributed by atoms with Gasteiger partial charge in [-0.25, -0.2) is 13.6 Å². The van der Waals surface area contributed by atoms with E-state index in [1.165, 1.54) is 0 Å². The second kappa shape index (κ2) is 4.71. The topological polar surface area (TPSA) is 116 Å². The van der Waals surface area contributed by atoms with E-state index in [0.29, 0.717) is 11.5 Å². The fourth-order valence-corrected chi connectivity index (χ4v) is 1.76. The minimum atomic E-state index is -3.45. The summed E-state index contributed by atoms with van der Waals surface area (Å²) in [6.07, 6.45) is 0.733. The lowest BCUT2D eigenvalue weighted by Crippen LogP contribution is -2.23. The minimum absolute atomic E-state index is 0.140. The van der Waals surface area contributed by atoms with Gasteiger partial charge in [-0.2, -0.15) is 5.10 Å². The summed E-state index contributed by atoms with van der Waals surface area (Å²) in [5.74, 6) is 0.486. The maximum absolute atomic E-state index is 10.7. The molecule has 0 aliphatic heterocycles. The van der Waals surface area contributed by atoms with Crippen LogP contribution in [0.25, 0.3) is 0 Å². The summed E-state index contributed by atoms with van der Waals surface area (Å²) in [5.41, 5.74) is 7.19. The minimum Gasteiger partial charge on any atom is -0.394 e. The maximum atomic E-state index is 10.7. The average Bonchev–Trinajstić information content (AvgIpc) is 2.42. The standard InChI is InChI=1S/C8H17N5O2S/c1-3-6-7(9)8(13(2)12-6)11-4-5-16(10,14)15/h11H,3-5,9H2,1-2H3,(H2,10,14,15). The first-order valence-corrected chi connectivity index (χ1v) is 6.62. The molecule has 7 nitrogen and oxygen atoms in total. The second-order valence-electron chi connectivity index (χ2n) is 3.48. The van der Waals surface area contributed by atoms with Gasteiger partial charge in [0.2, 0.25) is 10.0 Å². The fraction of sp³-hybridized carbons (Fsp3) is 0.625. The van der Waals surface area contributed by atoms with Crippen molar-refractivity contribution in [3.63, 3.8) is 0 Å². The number of hydrogen-bond acceptors (Lipinski definition) is 5. The van der Waals surface area contributed by atoms with Gasteiger partial charge in [0.15, 0.2) is 0 Å². The maximum Gasteiger partial charge on any atom is 0.210 e. The normalized spacial score (nSPS) is 11.7. The number of rotatable bonds is 5. The van der Waals surface area contributed by atoms with Crippen LogP contribution in [-0.4, -0.2) is 30.5 Å². The number of primary sulfonamides is 1. The zero-order chi connectivity index (χ0) is 12.3. The summed E-state index contributed by atoms with van der Waals surface area (Å²) < 4.78 is 23.1. The number of nitrogens with one attached hydrogen (secondary N) is 1. The smallest absolute Gasteiger partial charge is 0.210 e. The Balaban J connectivity index is 2.71. The monoisotopic (exact) mass is 247 g/mol. The molecule has 0 bridgehead atoms. The number of nitrogen functional groups attached to an aromatic ring is 1. The predicted octanol–water partition coefficient (Wildman–Crippen LogP) is -0.735. The second-order valence-corrected chi connectivity index (χ2v) is 5.21. The van der Waals surface area contributed by atoms with Crippen molar-refractivity contribution in [2.24, 2.45) is 12.2 Å². The van der Waals surface area contributed by atoms with Crippen LogP contribution < -0.4 is 16.2 Å². The van der Waals surface area contributed by atoms with Crippen molar-refractivity contribution < 1.29 is 8.42 Å². The molecule has 0 spiro atoms. The Morgan fingerprint density at radius 3 is 2.56 bits per heavy atom. The Bertz CT molecular complexity index is 465. The van der Waals surface area contributed by atoms with Crippen molar-refractivity contribution in [3.05, 3.63) is 5.69 Å². The molecule has 0 unspecified atom stereocenters. The first-order valence-electron chi connectivity index (χ1n) is 4.91. The highest BCUT2D eigenvalue weighted by Crippen LogP contribution is 2.21. The molecule has 1 rings (SSSR count). The van der Waals surface area contributed by atoms with Crippen LogP contribution in [0.4, 0.5) is 11.5 Å². The van der Waals surface area contributed by atoms with E-state index in [9.17, 15) is 8.42 Å². The highest BCUT2D eigenvalue weighted by molar-refractivity contribution is 7.89. The zero-order valence-corrected chi connectivity index (χ0v) is 10.2. The molecular formula is C8H17N5O2S. The van der Waals surface area contributed by atoms with Crippen molar-refractivity contribution >= 4 is 21.5 Å². The van der Waals surface area contributed by atoms with Gasteiger partial charge in [-0.05, 0) is 6.42 Å². The van der Waals surface area contributed by atoms with Crippen molar-refractivity contribution in [3.8, 4) is 0 Å². The molecule has 0 amide bonds. The quantitative estimate of drug-likeness (QED) is 0.634. The van der Waals surface area contributed by atoms with Gasteiger partial charge < -0.3 is 11.1 Å². The molecule has 1 aromatic rings. The Kier molecular flexibility index (Phi) is 3.76. The van der Waals surface area contributed by atoms with Crippen LogP contribution in [-0.2, 0) is 23.5 Å². The van der Waals surface area contributed by atoms with Crippen molar-refractivity contribution in [2.45, 2.75) is 13.3 Å². The molecule has 1 heterocycles. The molecule has 0 saturated carbocycles. The van der Waals surface area contributed by atoms with E-state index in [2.05, 4.69) is 10.4 Å². The Labute approximate surface area is 94.9 Å². The van der Waals surface area contributed by atoms with E-state index in [0.717, 1.165) is 12.1 Å². The Morgan fingerprint density at radius 1 is 1.50 bits per heavy atom. The Hall–Kier alpha value is -1.28. The number of hydrogen-bond donors (Lipinski definition) is 3. The molecule has 0 aliphatic carbocycles. The zero-order valence-electron chi connectivity index (χ0n) is 9.40. The van der Waals surface area contributed by atoms with Gasteiger partial charge in [0, 0.05) is 13.6 Å². The summed E-state index contributed by atoms with van der Waals surface area (Å²) in [7, 11) is -1.71. The lowest BCUT2D eigenvalue weighted by Gasteiger charge is -2.06. The molecule has 5 N–H and O–H groups in total. The molecule has 0 radical (unpaired) electrons. The molecular weight excluding hydrogens is 230 g/mol. The third-order valence-electron chi connectivity index (χ3n) is 2.17. The van der Waals surface area contributed by atoms with Gasteiger partial charge in [0.1, 0.15) is 5.82 Å². The Morgan fingerprint density at radius 2 is 2.12 bits per heavy atom. The highest BCUT2D eigenvalue weighted by atomic mass is 32.2. The third kappa shape index (κ3) is 3.11. The molecule has 16 heavy (non-hydrogen) atoms. The molecule has 1 aromatic heterocycles. The van der Waals surface area contributed by atoms with Crippen LogP contribution in [0.1, 0.15) is 12.6 Å². The van der Waals surface area contributed by atoms with Gasteiger partial charge in [-0.3, -0.25) is 4.68 Å². The number of aryl methyl sites for hydroxylation is 2. The van der Waals surface area contributed by atoms with E-state index >= 15 is 0 Å². The number of anilines is 2. The highest BCUT2D eigenvalue weighted by Gasteiger charge is 2.11. The van der Waals surface area contributed by atoms with E-state index in [4.69, 9.17) is 10.9 Å². The van der Waals surface area contributed by atoms with E-state index in [-0.39, 0.29) is 12.3 Å². The van der Waals surface area contributed by atoms with Crippen LogP contribution in [0.5, 0.6) is 0 Å². The van der Waals surface area contributed by atoms with E-state index in [1.54, 1.807) is 11.7 Å². The van der Waals surface area contributed by atoms with Crippen molar-refractivity contribution in [1.82, 2.24) is 9.78 Å². The summed E-state index contributed by atoms with van der Waals surface area (Å²) in [6, 6.07) is 0. The first-order chi connectivity index (χ1) is 7.35. The number of sulfonamides is 1. The van der Waals surface area contributed by atoms with Gasteiger partial charge in [-0.1, -0.05) is 6.92 Å². The predicted molar refractivity (Wildman–Crippen MR) is 63.5 cm³/mol. The van der Waals surface area contributed by atoms with Crippen molar-refractivity contribution in [2.75, 3.05) is 23.3 Å². The summed E-state index contributed by atoms with van der Waals surface area (Å²) >= 11 is 0. The van der Waals surface area contributed by atoms with Gasteiger partial charge >= 0.3 is 0 Å². The SMILES string of the molecule is CCc1nn(C)c(NCCS(N)(=O)=O)c1N. The van der Waals surface area contributed by atoms with Crippen LogP contribution in [0.15, 0.2) is 0 Å². The van der Waals surface area contributed by atoms with Crippen molar-refractivity contribution in [1.29, 1.82) is 0 Å². The molecule has 8 heteroatoms. The lowest BCUT2D eigenvalue weighted by atomic mass is 10.3. The van der Waals surface area contributed by atoms with Crippen LogP contribution in [0.3, 0.4) is 0 Å². The number of aromatic nitrogens is 2. The van der Waals surface area contributed by atoms with Gasteiger partial charge in [0.05, 0.1) is 17.1 Å². The fourth-order valence-electron chi connectivity index (χ4n) is 1.38. The number of nitrogens with two attached hydrogens (primary N) is 2. The molecule has 0 fully saturated rings. The molecule has 0 aliphatic rings. The molecule has 0 atom stereocenters. The van der Waals surface area contributed by atoms with E-state index < -0.39 is 10.0 Å². The number of nitrogens with zero attached hydrogens (tertiary/aromatic N) is 2. The van der Waals surface area contributed by atoms with Gasteiger partial charge in [-0.15, -0.1) is 0 Å². The third-order valence-corrected chi connectivity index (χ3v) is 2.95.